The minimum atomic E-state index is -0.103. The van der Waals surface area contributed by atoms with Gasteiger partial charge in [0, 0.05) is 5.69 Å². The Morgan fingerprint density at radius 3 is 2.62 bits per heavy atom. The molecule has 2 heterocycles. The maximum atomic E-state index is 12.8. The average Bonchev–Trinajstić information content (AvgIpc) is 3.22. The van der Waals surface area contributed by atoms with Gasteiger partial charge in [0.25, 0.3) is 5.91 Å². The van der Waals surface area contributed by atoms with Gasteiger partial charge < -0.3 is 9.73 Å². The van der Waals surface area contributed by atoms with E-state index in [2.05, 4.69) is 31.3 Å². The van der Waals surface area contributed by atoms with E-state index in [1.807, 2.05) is 41.9 Å². The molecule has 1 N–H and O–H groups in total. The van der Waals surface area contributed by atoms with Crippen LogP contribution in [-0.2, 0) is 19.5 Å². The van der Waals surface area contributed by atoms with Gasteiger partial charge in [0.1, 0.15) is 5.76 Å². The first-order valence-corrected chi connectivity index (χ1v) is 8.95. The number of hydrogen-bond donors (Lipinski definition) is 1. The topological polar surface area (TPSA) is 60.1 Å². The quantitative estimate of drug-likeness (QED) is 0.701. The van der Waals surface area contributed by atoms with E-state index in [1.54, 1.807) is 6.26 Å². The summed E-state index contributed by atoms with van der Waals surface area (Å²) in [6, 6.07) is 13.8. The van der Waals surface area contributed by atoms with Crippen LogP contribution >= 0.6 is 0 Å². The summed E-state index contributed by atoms with van der Waals surface area (Å²) in [5.41, 5.74) is 3.59. The van der Waals surface area contributed by atoms with Gasteiger partial charge in [0.05, 0.1) is 30.6 Å². The third-order valence-corrected chi connectivity index (χ3v) is 4.29. The fourth-order valence-corrected chi connectivity index (χ4v) is 3.01. The molecule has 136 valence electrons. The van der Waals surface area contributed by atoms with Gasteiger partial charge in [-0.1, -0.05) is 44.2 Å². The minimum absolute atomic E-state index is 0.103. The van der Waals surface area contributed by atoms with Gasteiger partial charge >= 0.3 is 0 Å². The molecule has 0 saturated carbocycles. The summed E-state index contributed by atoms with van der Waals surface area (Å²) >= 11 is 0. The largest absolute Gasteiger partial charge is 0.467 e. The highest BCUT2D eigenvalue weighted by atomic mass is 16.3. The molecule has 0 fully saturated rings. The third kappa shape index (κ3) is 4.23. The van der Waals surface area contributed by atoms with Crippen LogP contribution in [-0.4, -0.2) is 15.7 Å². The second-order valence-electron chi connectivity index (χ2n) is 6.91. The van der Waals surface area contributed by atoms with Gasteiger partial charge in [0.15, 0.2) is 0 Å². The molecular formula is C21H25N3O2. The van der Waals surface area contributed by atoms with E-state index in [4.69, 9.17) is 9.52 Å². The van der Waals surface area contributed by atoms with Crippen molar-refractivity contribution in [2.24, 2.45) is 5.92 Å². The van der Waals surface area contributed by atoms with Crippen LogP contribution in [0.5, 0.6) is 0 Å². The van der Waals surface area contributed by atoms with Crippen molar-refractivity contribution >= 4 is 5.91 Å². The van der Waals surface area contributed by atoms with Gasteiger partial charge in [-0.05, 0) is 37.0 Å². The van der Waals surface area contributed by atoms with Crippen LogP contribution in [0, 0.1) is 12.8 Å². The second-order valence-corrected chi connectivity index (χ2v) is 6.91. The molecule has 26 heavy (non-hydrogen) atoms. The normalized spacial score (nSPS) is 11.1. The predicted octanol–water partition coefficient (Wildman–Crippen LogP) is 3.96. The Morgan fingerprint density at radius 1 is 1.19 bits per heavy atom. The molecule has 0 aliphatic carbocycles. The number of hydrogen-bond acceptors (Lipinski definition) is 3. The molecule has 1 aromatic carbocycles. The highest BCUT2D eigenvalue weighted by Crippen LogP contribution is 2.19. The molecule has 1 amide bonds. The lowest BCUT2D eigenvalue weighted by molar-refractivity contribution is 0.0946. The number of nitrogens with zero attached hydrogens (tertiary/aromatic N) is 2. The Hall–Kier alpha value is -2.82. The lowest BCUT2D eigenvalue weighted by atomic mass is 10.0. The van der Waals surface area contributed by atoms with Gasteiger partial charge in [-0.15, -0.1) is 0 Å². The standard InChI is InChI=1S/C21H25N3O2/c1-15(2)12-19-20(21(25)22-13-18-10-7-11-26-18)16(3)24(23-19)14-17-8-5-4-6-9-17/h4-11,15H,12-14H2,1-3H3,(H,22,25). The Kier molecular flexibility index (Phi) is 5.56. The van der Waals surface area contributed by atoms with Gasteiger partial charge in [-0.3, -0.25) is 9.48 Å². The first kappa shape index (κ1) is 18.0. The number of carbonyl (C=O) groups is 1. The summed E-state index contributed by atoms with van der Waals surface area (Å²) in [7, 11) is 0. The predicted molar refractivity (Wildman–Crippen MR) is 101 cm³/mol. The maximum Gasteiger partial charge on any atom is 0.255 e. The first-order valence-electron chi connectivity index (χ1n) is 8.95. The number of nitrogens with one attached hydrogen (secondary N) is 1. The van der Waals surface area contributed by atoms with E-state index in [9.17, 15) is 4.79 Å². The Bertz CT molecular complexity index is 849. The maximum absolute atomic E-state index is 12.8. The van der Waals surface area contributed by atoms with Gasteiger partial charge in [-0.25, -0.2) is 0 Å². The number of amides is 1. The van der Waals surface area contributed by atoms with E-state index >= 15 is 0 Å². The molecular weight excluding hydrogens is 326 g/mol. The van der Waals surface area contributed by atoms with Crippen molar-refractivity contribution in [1.82, 2.24) is 15.1 Å². The molecule has 0 atom stereocenters. The van der Waals surface area contributed by atoms with Gasteiger partial charge in [0.2, 0.25) is 0 Å². The number of carbonyl (C=O) groups excluding carboxylic acids is 1. The highest BCUT2D eigenvalue weighted by Gasteiger charge is 2.22. The zero-order chi connectivity index (χ0) is 18.5. The van der Waals surface area contributed by atoms with Crippen LogP contribution in [0.3, 0.4) is 0 Å². The molecule has 3 rings (SSSR count). The molecule has 0 bridgehead atoms. The van der Waals surface area contributed by atoms with Crippen molar-refractivity contribution in [2.75, 3.05) is 0 Å². The van der Waals surface area contributed by atoms with E-state index < -0.39 is 0 Å². The zero-order valence-corrected chi connectivity index (χ0v) is 15.5. The molecule has 0 unspecified atom stereocenters. The van der Waals surface area contributed by atoms with E-state index in [0.29, 0.717) is 24.6 Å². The van der Waals surface area contributed by atoms with Crippen LogP contribution in [0.1, 0.15) is 46.9 Å². The molecule has 3 aromatic rings. The number of rotatable bonds is 7. The average molecular weight is 351 g/mol. The Balaban J connectivity index is 1.85. The van der Waals surface area contributed by atoms with Crippen molar-refractivity contribution in [3.63, 3.8) is 0 Å². The number of furan rings is 1. The number of benzene rings is 1. The minimum Gasteiger partial charge on any atom is -0.467 e. The van der Waals surface area contributed by atoms with Crippen LogP contribution in [0.25, 0.3) is 0 Å². The van der Waals surface area contributed by atoms with Crippen molar-refractivity contribution < 1.29 is 9.21 Å². The van der Waals surface area contributed by atoms with Crippen LogP contribution in [0.15, 0.2) is 53.1 Å². The zero-order valence-electron chi connectivity index (χ0n) is 15.5. The SMILES string of the molecule is Cc1c(C(=O)NCc2ccco2)c(CC(C)C)nn1Cc1ccccc1. The molecule has 0 aliphatic heterocycles. The van der Waals surface area contributed by atoms with Crippen molar-refractivity contribution in [3.8, 4) is 0 Å². The van der Waals surface area contributed by atoms with Crippen LogP contribution < -0.4 is 5.32 Å². The fourth-order valence-electron chi connectivity index (χ4n) is 3.01. The van der Waals surface area contributed by atoms with Gasteiger partial charge in [-0.2, -0.15) is 5.10 Å². The van der Waals surface area contributed by atoms with Crippen molar-refractivity contribution in [2.45, 2.75) is 40.3 Å². The molecule has 0 spiro atoms. The summed E-state index contributed by atoms with van der Waals surface area (Å²) in [6.07, 6.45) is 2.38. The molecule has 0 aliphatic rings. The lowest BCUT2D eigenvalue weighted by Gasteiger charge is -2.07. The molecule has 0 saturated heterocycles. The first-order chi connectivity index (χ1) is 12.5. The number of aromatic nitrogens is 2. The highest BCUT2D eigenvalue weighted by molar-refractivity contribution is 5.96. The molecule has 5 heteroatoms. The van der Waals surface area contributed by atoms with E-state index in [1.165, 1.54) is 0 Å². The molecule has 0 radical (unpaired) electrons. The fraction of sp³-hybridized carbons (Fsp3) is 0.333. The van der Waals surface area contributed by atoms with E-state index in [0.717, 1.165) is 29.1 Å². The van der Waals surface area contributed by atoms with Crippen molar-refractivity contribution in [1.29, 1.82) is 0 Å². The molecule has 5 nitrogen and oxygen atoms in total. The van der Waals surface area contributed by atoms with Crippen LogP contribution in [0.2, 0.25) is 0 Å². The Morgan fingerprint density at radius 2 is 1.96 bits per heavy atom. The van der Waals surface area contributed by atoms with Crippen LogP contribution in [0.4, 0.5) is 0 Å². The van der Waals surface area contributed by atoms with E-state index in [-0.39, 0.29) is 5.91 Å². The Labute approximate surface area is 154 Å². The summed E-state index contributed by atoms with van der Waals surface area (Å²) in [4.78, 5) is 12.8. The summed E-state index contributed by atoms with van der Waals surface area (Å²) in [6.45, 7) is 7.26. The second kappa shape index (κ2) is 8.04. The summed E-state index contributed by atoms with van der Waals surface area (Å²) in [5, 5.41) is 7.69. The monoisotopic (exact) mass is 351 g/mol. The lowest BCUT2D eigenvalue weighted by Crippen LogP contribution is -2.24. The smallest absolute Gasteiger partial charge is 0.255 e. The summed E-state index contributed by atoms with van der Waals surface area (Å²) < 4.78 is 7.22. The summed E-state index contributed by atoms with van der Waals surface area (Å²) in [5.74, 6) is 1.05. The third-order valence-electron chi connectivity index (χ3n) is 4.29. The molecule has 2 aromatic heterocycles. The van der Waals surface area contributed by atoms with Crippen molar-refractivity contribution in [3.05, 3.63) is 77.0 Å².